The highest BCUT2D eigenvalue weighted by molar-refractivity contribution is 7.99. The molecule has 0 saturated carbocycles. The molecule has 94 valence electrons. The summed E-state index contributed by atoms with van der Waals surface area (Å²) in [6.45, 7) is 2.91. The van der Waals surface area contributed by atoms with Gasteiger partial charge in [-0.2, -0.15) is 11.8 Å². The molecule has 1 heterocycles. The number of aliphatic hydroxyl groups is 1. The summed E-state index contributed by atoms with van der Waals surface area (Å²) in [6.07, 6.45) is 1.37. The lowest BCUT2D eigenvalue weighted by Crippen LogP contribution is -2.36. The van der Waals surface area contributed by atoms with E-state index in [0.717, 1.165) is 24.5 Å². The third kappa shape index (κ3) is 3.73. The van der Waals surface area contributed by atoms with Crippen LogP contribution >= 0.6 is 11.8 Å². The number of benzene rings is 1. The fraction of sp³-hybridized carbons (Fsp3) is 0.571. The normalized spacial score (nSPS) is 22.4. The molecule has 1 N–H and O–H groups in total. The topological polar surface area (TPSA) is 29.5 Å². The summed E-state index contributed by atoms with van der Waals surface area (Å²) in [7, 11) is 0. The van der Waals surface area contributed by atoms with Crippen molar-refractivity contribution in [2.75, 3.05) is 18.1 Å². The van der Waals surface area contributed by atoms with Crippen LogP contribution in [0.2, 0.25) is 0 Å². The minimum Gasteiger partial charge on any atom is -0.390 e. The number of ether oxygens (including phenoxy) is 1. The Balaban J connectivity index is 1.89. The van der Waals surface area contributed by atoms with E-state index in [1.165, 1.54) is 11.1 Å². The molecule has 0 amide bonds. The van der Waals surface area contributed by atoms with Gasteiger partial charge in [0.05, 0.1) is 18.8 Å². The minimum absolute atomic E-state index is 0.000369. The average Bonchev–Trinajstić information content (AvgIpc) is 2.40. The Kier molecular flexibility index (Phi) is 4.89. The zero-order valence-corrected chi connectivity index (χ0v) is 11.1. The summed E-state index contributed by atoms with van der Waals surface area (Å²) in [4.78, 5) is 0. The van der Waals surface area contributed by atoms with E-state index < -0.39 is 0 Å². The maximum atomic E-state index is 10.1. The fourth-order valence-corrected chi connectivity index (χ4v) is 2.94. The lowest BCUT2D eigenvalue weighted by atomic mass is 10.0. The number of hydrogen-bond donors (Lipinski definition) is 1. The van der Waals surface area contributed by atoms with Crippen molar-refractivity contribution in [1.29, 1.82) is 0 Å². The monoisotopic (exact) mass is 252 g/mol. The Hall–Kier alpha value is -0.510. The standard InChI is InChI=1S/C14H20O2S/c1-2-11-3-5-12(6-4-11)9-13(15)14-10-17-8-7-16-14/h3-6,13-15H,2,7-10H2,1H3. The molecule has 1 fully saturated rings. The average molecular weight is 252 g/mol. The highest BCUT2D eigenvalue weighted by Crippen LogP contribution is 2.18. The second-order valence-electron chi connectivity index (χ2n) is 4.43. The summed E-state index contributed by atoms with van der Waals surface area (Å²) >= 11 is 1.86. The van der Waals surface area contributed by atoms with Gasteiger partial charge >= 0.3 is 0 Å². The summed E-state index contributed by atoms with van der Waals surface area (Å²) in [5.41, 5.74) is 2.53. The summed E-state index contributed by atoms with van der Waals surface area (Å²) in [5.74, 6) is 1.96. The van der Waals surface area contributed by atoms with E-state index in [4.69, 9.17) is 4.74 Å². The molecule has 2 rings (SSSR count). The molecule has 0 aliphatic carbocycles. The van der Waals surface area contributed by atoms with E-state index >= 15 is 0 Å². The van der Waals surface area contributed by atoms with Gasteiger partial charge in [0.25, 0.3) is 0 Å². The molecule has 1 aromatic carbocycles. The Labute approximate surface area is 107 Å². The number of aryl methyl sites for hydroxylation is 1. The Morgan fingerprint density at radius 2 is 2.06 bits per heavy atom. The molecule has 0 spiro atoms. The van der Waals surface area contributed by atoms with Crippen LogP contribution < -0.4 is 0 Å². The molecular weight excluding hydrogens is 232 g/mol. The van der Waals surface area contributed by atoms with Gasteiger partial charge in [-0.25, -0.2) is 0 Å². The van der Waals surface area contributed by atoms with Crippen molar-refractivity contribution in [3.63, 3.8) is 0 Å². The summed E-state index contributed by atoms with van der Waals surface area (Å²) in [5, 5.41) is 10.1. The van der Waals surface area contributed by atoms with Crippen molar-refractivity contribution >= 4 is 11.8 Å². The first-order valence-electron chi connectivity index (χ1n) is 6.25. The van der Waals surface area contributed by atoms with Crippen molar-refractivity contribution in [1.82, 2.24) is 0 Å². The van der Waals surface area contributed by atoms with Crippen LogP contribution in [0.5, 0.6) is 0 Å². The van der Waals surface area contributed by atoms with Gasteiger partial charge in [-0.05, 0) is 17.5 Å². The van der Waals surface area contributed by atoms with Crippen LogP contribution in [-0.2, 0) is 17.6 Å². The van der Waals surface area contributed by atoms with Crippen molar-refractivity contribution < 1.29 is 9.84 Å². The second-order valence-corrected chi connectivity index (χ2v) is 5.58. The lowest BCUT2D eigenvalue weighted by molar-refractivity contribution is -0.0207. The number of hydrogen-bond acceptors (Lipinski definition) is 3. The smallest absolute Gasteiger partial charge is 0.0927 e. The van der Waals surface area contributed by atoms with Crippen molar-refractivity contribution in [2.24, 2.45) is 0 Å². The minimum atomic E-state index is -0.379. The molecule has 0 bridgehead atoms. The summed E-state index contributed by atoms with van der Waals surface area (Å²) < 4.78 is 5.59. The number of thioether (sulfide) groups is 1. The second kappa shape index (κ2) is 6.43. The van der Waals surface area contributed by atoms with Crippen LogP contribution in [-0.4, -0.2) is 35.4 Å². The Morgan fingerprint density at radius 1 is 1.35 bits per heavy atom. The first-order chi connectivity index (χ1) is 8.29. The molecule has 2 nitrogen and oxygen atoms in total. The van der Waals surface area contributed by atoms with Gasteiger partial charge < -0.3 is 9.84 Å². The zero-order valence-electron chi connectivity index (χ0n) is 10.3. The molecule has 0 aromatic heterocycles. The maximum absolute atomic E-state index is 10.1. The summed E-state index contributed by atoms with van der Waals surface area (Å²) in [6, 6.07) is 8.49. The lowest BCUT2D eigenvalue weighted by Gasteiger charge is -2.26. The molecule has 1 aliphatic heterocycles. The third-order valence-electron chi connectivity index (χ3n) is 3.15. The first kappa shape index (κ1) is 12.9. The van der Waals surface area contributed by atoms with Crippen LogP contribution in [0.15, 0.2) is 24.3 Å². The molecule has 2 unspecified atom stereocenters. The van der Waals surface area contributed by atoms with E-state index in [2.05, 4.69) is 31.2 Å². The molecular formula is C14H20O2S. The molecule has 1 saturated heterocycles. The molecule has 1 aromatic rings. The molecule has 0 radical (unpaired) electrons. The van der Waals surface area contributed by atoms with Crippen LogP contribution in [0.1, 0.15) is 18.1 Å². The number of rotatable bonds is 4. The number of aliphatic hydroxyl groups excluding tert-OH is 1. The first-order valence-corrected chi connectivity index (χ1v) is 7.40. The maximum Gasteiger partial charge on any atom is 0.0927 e. The fourth-order valence-electron chi connectivity index (χ4n) is 2.01. The quantitative estimate of drug-likeness (QED) is 0.891. The van der Waals surface area contributed by atoms with Crippen molar-refractivity contribution in [2.45, 2.75) is 32.0 Å². The van der Waals surface area contributed by atoms with Crippen LogP contribution in [0.4, 0.5) is 0 Å². The van der Waals surface area contributed by atoms with E-state index in [9.17, 15) is 5.11 Å². The Bertz CT molecular complexity index is 331. The van der Waals surface area contributed by atoms with Gasteiger partial charge in [0.2, 0.25) is 0 Å². The van der Waals surface area contributed by atoms with Crippen LogP contribution in [0.3, 0.4) is 0 Å². The van der Waals surface area contributed by atoms with Crippen LogP contribution in [0.25, 0.3) is 0 Å². The molecule has 17 heavy (non-hydrogen) atoms. The SMILES string of the molecule is CCc1ccc(CC(O)C2CSCCO2)cc1. The molecule has 2 atom stereocenters. The Morgan fingerprint density at radius 3 is 2.65 bits per heavy atom. The van der Waals surface area contributed by atoms with Gasteiger partial charge in [0.15, 0.2) is 0 Å². The van der Waals surface area contributed by atoms with E-state index in [1.807, 2.05) is 11.8 Å². The highest BCUT2D eigenvalue weighted by atomic mass is 32.2. The third-order valence-corrected chi connectivity index (χ3v) is 4.17. The van der Waals surface area contributed by atoms with Gasteiger partial charge in [-0.15, -0.1) is 0 Å². The zero-order chi connectivity index (χ0) is 12.1. The van der Waals surface area contributed by atoms with E-state index in [0.29, 0.717) is 6.42 Å². The molecule has 1 aliphatic rings. The van der Waals surface area contributed by atoms with E-state index in [1.54, 1.807) is 0 Å². The van der Waals surface area contributed by atoms with Gasteiger partial charge in [-0.3, -0.25) is 0 Å². The predicted octanol–water partition coefficient (Wildman–Crippen LogP) is 2.28. The van der Waals surface area contributed by atoms with Crippen molar-refractivity contribution in [3.8, 4) is 0 Å². The highest BCUT2D eigenvalue weighted by Gasteiger charge is 2.22. The van der Waals surface area contributed by atoms with Gasteiger partial charge in [0, 0.05) is 17.9 Å². The largest absolute Gasteiger partial charge is 0.390 e. The van der Waals surface area contributed by atoms with Crippen molar-refractivity contribution in [3.05, 3.63) is 35.4 Å². The van der Waals surface area contributed by atoms with E-state index in [-0.39, 0.29) is 12.2 Å². The molecule has 3 heteroatoms. The van der Waals surface area contributed by atoms with Gasteiger partial charge in [0.1, 0.15) is 0 Å². The van der Waals surface area contributed by atoms with Crippen LogP contribution in [0, 0.1) is 0 Å². The predicted molar refractivity (Wildman–Crippen MR) is 72.6 cm³/mol. The van der Waals surface area contributed by atoms with Gasteiger partial charge in [-0.1, -0.05) is 31.2 Å².